The Balaban J connectivity index is -0.000000100. The fourth-order valence-corrected chi connectivity index (χ4v) is 2.95. The van der Waals surface area contributed by atoms with Gasteiger partial charge in [0.25, 0.3) is 0 Å². The van der Waals surface area contributed by atoms with Crippen LogP contribution in [0.2, 0.25) is 0 Å². The Labute approximate surface area is 374 Å². The van der Waals surface area contributed by atoms with Crippen molar-refractivity contribution in [2.45, 2.75) is 29.9 Å². The number of halogens is 7. The molecule has 1 atom stereocenters. The summed E-state index contributed by atoms with van der Waals surface area (Å²) in [7, 11) is -7.19. The molecule has 0 amide bonds. The molecule has 0 spiro atoms. The maximum absolute atomic E-state index is 11.0. The van der Waals surface area contributed by atoms with Gasteiger partial charge in [-0.15, -0.1) is 0 Å². The second-order valence-electron chi connectivity index (χ2n) is 8.53. The Morgan fingerprint density at radius 1 is 0.750 bits per heavy atom. The van der Waals surface area contributed by atoms with E-state index in [0.717, 1.165) is 41.6 Å². The zero-order valence-electron chi connectivity index (χ0n) is 30.2. The molecule has 330 valence electrons. The summed E-state index contributed by atoms with van der Waals surface area (Å²) in [5.74, 6) is 0. The molecule has 2 heterocycles. The predicted octanol–water partition coefficient (Wildman–Crippen LogP) is 1.11. The van der Waals surface area contributed by atoms with Crippen molar-refractivity contribution in [3.8, 4) is 0 Å². The van der Waals surface area contributed by atoms with E-state index >= 15 is 0 Å². The van der Waals surface area contributed by atoms with E-state index in [9.17, 15) is 34.8 Å². The van der Waals surface area contributed by atoms with Crippen molar-refractivity contribution < 1.29 is 129 Å². The van der Waals surface area contributed by atoms with Crippen LogP contribution in [0.1, 0.15) is 11.4 Å². The summed E-state index contributed by atoms with van der Waals surface area (Å²) in [6.45, 7) is 5.65. The minimum absolute atomic E-state index is 0. The molecule has 0 aliphatic rings. The van der Waals surface area contributed by atoms with Crippen molar-refractivity contribution in [3.05, 3.63) is 76.7 Å². The maximum atomic E-state index is 11.0. The second-order valence-corrected chi connectivity index (χ2v) is 14.0. The van der Waals surface area contributed by atoms with Crippen LogP contribution in [0.25, 0.3) is 0 Å². The third kappa shape index (κ3) is 52.7. The quantitative estimate of drug-likeness (QED) is 0.0712. The minimum Gasteiger partial charge on any atom is -0.0623 e. The third-order valence-electron chi connectivity index (χ3n) is 4.24. The van der Waals surface area contributed by atoms with Crippen LogP contribution in [-0.2, 0) is 98.7 Å². The summed E-state index contributed by atoms with van der Waals surface area (Å²) in [5, 5.41) is 6.08. The summed E-state index contributed by atoms with van der Waals surface area (Å²) in [4.78, 5) is 7.90. The van der Waals surface area contributed by atoms with Crippen molar-refractivity contribution in [2.24, 2.45) is 0 Å². The van der Waals surface area contributed by atoms with Crippen molar-refractivity contribution >= 4 is 69.6 Å². The topological polar surface area (TPSA) is 279 Å². The first-order chi connectivity index (χ1) is 25.1. The molecule has 3 rings (SSSR count). The molecular formula is C26H38BrCu2F6N6NaO10S4-2. The number of hydrogen-bond donors (Lipinski definition) is 4. The number of nitrogens with two attached hydrogens (primary N) is 2. The maximum Gasteiger partial charge on any atom is -0.0623 e. The Morgan fingerprint density at radius 2 is 1.00 bits per heavy atom. The average molecular weight is 1070 g/mol. The molecule has 0 aliphatic carbocycles. The summed E-state index contributed by atoms with van der Waals surface area (Å²) in [5.41, 5.74) is 3.45. The number of pyridine rings is 2. The minimum atomic E-state index is -5.08. The van der Waals surface area contributed by atoms with E-state index in [1.54, 1.807) is 13.0 Å². The number of nitrogen functional groups attached to an aromatic ring is 2. The summed E-state index contributed by atoms with van der Waals surface area (Å²) in [6.07, 6.45) is 2.20. The van der Waals surface area contributed by atoms with E-state index in [0.29, 0.717) is 11.4 Å². The van der Waals surface area contributed by atoms with Gasteiger partial charge in [0, 0.05) is 40.8 Å². The van der Waals surface area contributed by atoms with Crippen LogP contribution >= 0.6 is 15.9 Å². The molecule has 30 heteroatoms. The fraction of sp³-hybridized carbons (Fsp3) is 0.385. The Bertz CT molecular complexity index is 1640. The van der Waals surface area contributed by atoms with Gasteiger partial charge in [0.15, 0.2) is 14.9 Å². The Morgan fingerprint density at radius 3 is 1.18 bits per heavy atom. The molecule has 0 bridgehead atoms. The van der Waals surface area contributed by atoms with Gasteiger partial charge in [-0.1, -0.05) is 47.5 Å². The first kappa shape index (κ1) is 69.3. The number of anilines is 2. The van der Waals surface area contributed by atoms with Gasteiger partial charge in [0.1, 0.15) is 4.60 Å². The number of alkyl halides is 6. The number of aryl methyl sites for hydroxylation is 2. The van der Waals surface area contributed by atoms with Crippen LogP contribution in [0.3, 0.4) is 0 Å². The molecular weight excluding hydrogens is 1030 g/mol. The average Bonchev–Trinajstić information content (AvgIpc) is 3.09. The molecule has 3 aromatic rings. The zero-order chi connectivity index (χ0) is 45.0. The number of rotatable bonds is 4. The Hall–Kier alpha value is -1.30. The second kappa shape index (κ2) is 41.8. The molecule has 6 N–H and O–H groups in total. The number of benzene rings is 1. The van der Waals surface area contributed by atoms with Crippen LogP contribution in [0, 0.1) is 13.8 Å². The molecule has 0 saturated heterocycles. The van der Waals surface area contributed by atoms with E-state index < -0.39 is 53.3 Å². The molecule has 0 aliphatic heterocycles. The van der Waals surface area contributed by atoms with Gasteiger partial charge in [-0.05, 0) is 74.4 Å². The van der Waals surface area contributed by atoms with Crippen LogP contribution in [0.4, 0.5) is 37.7 Å². The molecule has 0 saturated carbocycles. The molecule has 16 nitrogen and oxygen atoms in total. The Kier molecular flexibility index (Phi) is 51.8. The van der Waals surface area contributed by atoms with Gasteiger partial charge in [-0.2, -0.15) is 26.3 Å². The first-order valence-corrected chi connectivity index (χ1v) is 20.4. The van der Waals surface area contributed by atoms with Gasteiger partial charge >= 0.3 is 80.1 Å². The fourth-order valence-electron chi connectivity index (χ4n) is 1.93. The first-order valence-electron chi connectivity index (χ1n) is 13.3. The van der Waals surface area contributed by atoms with Gasteiger partial charge in [0.05, 0.1) is 22.8 Å². The number of sulfone groups is 1. The van der Waals surface area contributed by atoms with E-state index in [-0.39, 0.29) is 34.6 Å². The van der Waals surface area contributed by atoms with Crippen LogP contribution < -0.4 is 51.7 Å². The van der Waals surface area contributed by atoms with Gasteiger partial charge in [-0.3, -0.25) is 4.21 Å². The van der Waals surface area contributed by atoms with Gasteiger partial charge < -0.3 is 43.5 Å². The monoisotopic (exact) mass is 1060 g/mol. The van der Waals surface area contributed by atoms with Crippen molar-refractivity contribution in [1.82, 2.24) is 20.6 Å². The summed E-state index contributed by atoms with van der Waals surface area (Å²) >= 11 is 7.24. The SMILES string of the molecule is CNCCNC.CS(=O)[O-].Cc1nc(Br)ccc1N.Cc1nc(S(C)(=O)=O)ccc1N.O=[S-](=O)C(F)(F)F.O=[S-](=O)C(F)(F)F.[Na+].[O]=[Cu].[O]=[Cu].c1ccccc1. The number of aromatic nitrogens is 2. The number of nitrogens with one attached hydrogen (secondary N) is 2. The summed E-state index contributed by atoms with van der Waals surface area (Å²) < 4.78 is 155. The normalized spacial score (nSPS) is 10.3. The van der Waals surface area contributed by atoms with Gasteiger partial charge in [0.2, 0.25) is 0 Å². The van der Waals surface area contributed by atoms with Crippen molar-refractivity contribution in [3.63, 3.8) is 0 Å². The molecule has 2 aromatic heterocycles. The number of hydrogen-bond acceptors (Lipinski definition) is 18. The number of likely N-dealkylation sites (N-methyl/N-ethyl adjacent to an activating group) is 2. The van der Waals surface area contributed by atoms with E-state index in [1.165, 1.54) is 6.07 Å². The standard InChI is InChI=1S/C7H10N2O2S.C6H7BrN2.C6H6.C4H12N2.2CF3O2S.CH4O2S.2Cu.Na.2O/c1-5-6(8)3-4-7(9-5)12(2,10)11;1-4-5(8)2-3-6(7)9-4;1-2-4-6-5-3-1;1-5-3-4-6-2;2*2-1(3,4)7(5)6;1-4(2)3;;;;;/h3-4H,8H2,1-2H3;2-3H,8H2,1H3;1-6H;5-6H,3-4H2,1-2H3;;;1H3,(H,2,3);;;;;/q;;;;2*-1;;;;+1;;/p-1. The van der Waals surface area contributed by atoms with Crippen molar-refractivity contribution in [1.29, 1.82) is 0 Å². The van der Waals surface area contributed by atoms with E-state index in [2.05, 4.69) is 68.4 Å². The van der Waals surface area contributed by atoms with Gasteiger partial charge in [-0.25, -0.2) is 18.4 Å². The zero-order valence-corrected chi connectivity index (χ0v) is 38.9. The van der Waals surface area contributed by atoms with Crippen LogP contribution in [0.5, 0.6) is 0 Å². The predicted molar refractivity (Wildman–Crippen MR) is 188 cm³/mol. The number of nitrogens with zero attached hydrogens (tertiary/aromatic N) is 2. The summed E-state index contributed by atoms with van der Waals surface area (Å²) in [6, 6.07) is 18.6. The molecule has 0 fully saturated rings. The smallest absolute Gasteiger partial charge is 0.0623 e. The molecule has 56 heavy (non-hydrogen) atoms. The van der Waals surface area contributed by atoms with E-state index in [4.69, 9.17) is 44.7 Å². The van der Waals surface area contributed by atoms with Crippen LogP contribution in [0.15, 0.2) is 70.3 Å². The van der Waals surface area contributed by atoms with Crippen LogP contribution in [-0.4, -0.2) is 77.9 Å². The molecule has 0 radical (unpaired) electrons. The largest absolute Gasteiger partial charge is 0.0623 e. The third-order valence-corrected chi connectivity index (χ3v) is 6.43. The molecule has 1 aromatic carbocycles. The van der Waals surface area contributed by atoms with E-state index in [1.807, 2.05) is 69.6 Å². The van der Waals surface area contributed by atoms with Crippen molar-refractivity contribution in [2.75, 3.05) is 51.2 Å². The molecule has 1 unspecified atom stereocenters.